The van der Waals surface area contributed by atoms with E-state index in [1.54, 1.807) is 0 Å². The van der Waals surface area contributed by atoms with Crippen LogP contribution in [-0.4, -0.2) is 0 Å². The van der Waals surface area contributed by atoms with Crippen molar-refractivity contribution in [1.82, 2.24) is 0 Å². The molecular weight excluding hydrogens is 440 g/mol. The predicted octanol–water partition coefficient (Wildman–Crippen LogP) is 7.90. The SMILES string of the molecule is Cc1cc(-c2ccc3c(oc4c(-c5cccc[n+]5C)c(C)ccc43)c2C#N)ccc1-c1ccccc1. The summed E-state index contributed by atoms with van der Waals surface area (Å²) in [5.41, 5.74) is 10.7. The second kappa shape index (κ2) is 8.52. The molecule has 0 saturated heterocycles. The number of nitriles is 1. The minimum atomic E-state index is 0.566. The van der Waals surface area contributed by atoms with Gasteiger partial charge in [-0.05, 0) is 53.8 Å². The monoisotopic (exact) mass is 465 g/mol. The summed E-state index contributed by atoms with van der Waals surface area (Å²) in [5.74, 6) is 0. The van der Waals surface area contributed by atoms with Crippen LogP contribution >= 0.6 is 0 Å². The Balaban J connectivity index is 1.57. The van der Waals surface area contributed by atoms with Crippen molar-refractivity contribution in [3.05, 3.63) is 114 Å². The van der Waals surface area contributed by atoms with E-state index in [4.69, 9.17) is 4.42 Å². The number of aryl methyl sites for hydroxylation is 3. The summed E-state index contributed by atoms with van der Waals surface area (Å²) in [6.45, 7) is 4.22. The highest BCUT2D eigenvalue weighted by Crippen LogP contribution is 2.41. The van der Waals surface area contributed by atoms with Crippen LogP contribution in [0.5, 0.6) is 0 Å². The molecule has 0 aliphatic rings. The first-order chi connectivity index (χ1) is 17.6. The maximum absolute atomic E-state index is 10.3. The van der Waals surface area contributed by atoms with Crippen molar-refractivity contribution in [2.24, 2.45) is 7.05 Å². The van der Waals surface area contributed by atoms with Gasteiger partial charge >= 0.3 is 0 Å². The Hall–Kier alpha value is -4.68. The van der Waals surface area contributed by atoms with E-state index < -0.39 is 0 Å². The average molecular weight is 466 g/mol. The van der Waals surface area contributed by atoms with E-state index in [-0.39, 0.29) is 0 Å². The first-order valence-corrected chi connectivity index (χ1v) is 12.1. The summed E-state index contributed by atoms with van der Waals surface area (Å²) in [7, 11) is 2.04. The minimum Gasteiger partial charge on any atom is -0.454 e. The van der Waals surface area contributed by atoms with Crippen LogP contribution < -0.4 is 4.57 Å². The molecule has 0 saturated carbocycles. The molecule has 36 heavy (non-hydrogen) atoms. The van der Waals surface area contributed by atoms with Crippen molar-refractivity contribution >= 4 is 21.9 Å². The third-order valence-electron chi connectivity index (χ3n) is 7.06. The first-order valence-electron chi connectivity index (χ1n) is 12.1. The fraction of sp³-hybridized carbons (Fsp3) is 0.0909. The van der Waals surface area contributed by atoms with Crippen LogP contribution in [0.15, 0.2) is 102 Å². The Labute approximate surface area is 210 Å². The van der Waals surface area contributed by atoms with E-state index in [2.05, 4.69) is 97.3 Å². The molecule has 0 fully saturated rings. The third-order valence-corrected chi connectivity index (χ3v) is 7.06. The number of hydrogen-bond donors (Lipinski definition) is 0. The van der Waals surface area contributed by atoms with Gasteiger partial charge in [-0.15, -0.1) is 0 Å². The molecule has 3 nitrogen and oxygen atoms in total. The molecule has 2 heterocycles. The van der Waals surface area contributed by atoms with Gasteiger partial charge in [0, 0.05) is 28.5 Å². The number of benzene rings is 4. The summed E-state index contributed by atoms with van der Waals surface area (Å²) < 4.78 is 8.65. The Morgan fingerprint density at radius 2 is 1.42 bits per heavy atom. The van der Waals surface area contributed by atoms with E-state index >= 15 is 0 Å². The average Bonchev–Trinajstić information content (AvgIpc) is 3.28. The van der Waals surface area contributed by atoms with Gasteiger partial charge in [0.15, 0.2) is 11.8 Å². The zero-order valence-electron chi connectivity index (χ0n) is 20.5. The molecule has 0 aliphatic heterocycles. The number of aromatic nitrogens is 1. The molecule has 6 rings (SSSR count). The third kappa shape index (κ3) is 3.39. The summed E-state index contributed by atoms with van der Waals surface area (Å²) in [4.78, 5) is 0. The Kier molecular flexibility index (Phi) is 5.16. The van der Waals surface area contributed by atoms with Gasteiger partial charge in [-0.2, -0.15) is 5.26 Å². The molecule has 6 aromatic rings. The fourth-order valence-corrected chi connectivity index (χ4v) is 5.23. The van der Waals surface area contributed by atoms with Gasteiger partial charge in [0.1, 0.15) is 24.3 Å². The predicted molar refractivity (Wildman–Crippen MR) is 145 cm³/mol. The number of rotatable bonds is 3. The van der Waals surface area contributed by atoms with E-state index in [0.29, 0.717) is 11.1 Å². The van der Waals surface area contributed by atoms with Gasteiger partial charge in [0.05, 0.1) is 5.56 Å². The molecule has 0 bridgehead atoms. The molecule has 0 amide bonds. The topological polar surface area (TPSA) is 40.8 Å². The summed E-state index contributed by atoms with van der Waals surface area (Å²) in [6, 6.07) is 33.7. The molecule has 0 radical (unpaired) electrons. The summed E-state index contributed by atoms with van der Waals surface area (Å²) in [6.07, 6.45) is 2.04. The number of fused-ring (bicyclic) bond motifs is 3. The largest absolute Gasteiger partial charge is 0.454 e. The normalized spacial score (nSPS) is 11.2. The van der Waals surface area contributed by atoms with Gasteiger partial charge in [-0.1, -0.05) is 66.7 Å². The lowest BCUT2D eigenvalue weighted by molar-refractivity contribution is -0.660. The number of pyridine rings is 1. The second-order valence-electron chi connectivity index (χ2n) is 9.31. The van der Waals surface area contributed by atoms with Gasteiger partial charge in [0.25, 0.3) is 0 Å². The van der Waals surface area contributed by atoms with E-state index in [0.717, 1.165) is 44.3 Å². The van der Waals surface area contributed by atoms with Crippen LogP contribution in [0, 0.1) is 25.2 Å². The second-order valence-corrected chi connectivity index (χ2v) is 9.31. The highest BCUT2D eigenvalue weighted by atomic mass is 16.3. The quantitative estimate of drug-likeness (QED) is 0.249. The summed E-state index contributed by atoms with van der Waals surface area (Å²) in [5, 5.41) is 12.3. The lowest BCUT2D eigenvalue weighted by Gasteiger charge is -2.10. The lowest BCUT2D eigenvalue weighted by atomic mass is 9.93. The molecular formula is C33H25N2O+. The van der Waals surface area contributed by atoms with Crippen LogP contribution in [0.4, 0.5) is 0 Å². The molecule has 0 atom stereocenters. The zero-order valence-corrected chi connectivity index (χ0v) is 20.5. The standard InChI is InChI=1S/C33H25N2O/c1-21-12-14-28-27-17-16-26(24-13-15-25(22(2)19-24)23-9-5-4-6-10-23)29(20-34)32(27)36-33(28)31(21)30-11-7-8-18-35(30)3/h4-19H,1-3H3/q+1. The molecule has 4 aromatic carbocycles. The smallest absolute Gasteiger partial charge is 0.216 e. The van der Waals surface area contributed by atoms with Crippen LogP contribution in [0.25, 0.3) is 55.4 Å². The van der Waals surface area contributed by atoms with Crippen molar-refractivity contribution in [3.63, 3.8) is 0 Å². The van der Waals surface area contributed by atoms with Crippen LogP contribution in [-0.2, 0) is 7.05 Å². The van der Waals surface area contributed by atoms with Crippen molar-refractivity contribution in [2.75, 3.05) is 0 Å². The Bertz CT molecular complexity index is 1820. The highest BCUT2D eigenvalue weighted by molar-refractivity contribution is 6.12. The van der Waals surface area contributed by atoms with Crippen molar-refractivity contribution < 1.29 is 8.98 Å². The number of furan rings is 1. The van der Waals surface area contributed by atoms with Crippen LogP contribution in [0.1, 0.15) is 16.7 Å². The van der Waals surface area contributed by atoms with Crippen LogP contribution in [0.3, 0.4) is 0 Å². The van der Waals surface area contributed by atoms with Crippen LogP contribution in [0.2, 0.25) is 0 Å². The minimum absolute atomic E-state index is 0.566. The molecule has 172 valence electrons. The number of nitrogens with zero attached hydrogens (tertiary/aromatic N) is 2. The number of hydrogen-bond acceptors (Lipinski definition) is 2. The van der Waals surface area contributed by atoms with Gasteiger partial charge < -0.3 is 4.42 Å². The van der Waals surface area contributed by atoms with Gasteiger partial charge in [-0.25, -0.2) is 4.57 Å². The van der Waals surface area contributed by atoms with E-state index in [1.165, 1.54) is 16.7 Å². The molecule has 3 heteroatoms. The molecule has 0 spiro atoms. The molecule has 0 unspecified atom stereocenters. The zero-order chi connectivity index (χ0) is 24.8. The lowest BCUT2D eigenvalue weighted by Crippen LogP contribution is -2.30. The molecule has 0 aliphatic carbocycles. The Morgan fingerprint density at radius 1 is 0.694 bits per heavy atom. The van der Waals surface area contributed by atoms with Crippen molar-refractivity contribution in [2.45, 2.75) is 13.8 Å². The fourth-order valence-electron chi connectivity index (χ4n) is 5.23. The molecule has 0 N–H and O–H groups in total. The van der Waals surface area contributed by atoms with Gasteiger partial charge in [0.2, 0.25) is 5.69 Å². The van der Waals surface area contributed by atoms with Gasteiger partial charge in [-0.3, -0.25) is 0 Å². The molecule has 2 aromatic heterocycles. The maximum Gasteiger partial charge on any atom is 0.216 e. The van der Waals surface area contributed by atoms with E-state index in [1.807, 2.05) is 31.4 Å². The van der Waals surface area contributed by atoms with Crippen molar-refractivity contribution in [1.29, 1.82) is 5.26 Å². The highest BCUT2D eigenvalue weighted by Gasteiger charge is 2.22. The summed E-state index contributed by atoms with van der Waals surface area (Å²) >= 11 is 0. The maximum atomic E-state index is 10.3. The van der Waals surface area contributed by atoms with Crippen molar-refractivity contribution in [3.8, 4) is 39.6 Å². The Morgan fingerprint density at radius 3 is 2.17 bits per heavy atom. The van der Waals surface area contributed by atoms with E-state index in [9.17, 15) is 5.26 Å². The first kappa shape index (κ1) is 21.8.